The lowest BCUT2D eigenvalue weighted by Crippen LogP contribution is -2.48. The van der Waals surface area contributed by atoms with Crippen LogP contribution in [0.25, 0.3) is 0 Å². The van der Waals surface area contributed by atoms with Gasteiger partial charge in [-0.25, -0.2) is 0 Å². The van der Waals surface area contributed by atoms with Gasteiger partial charge < -0.3 is 10.1 Å². The van der Waals surface area contributed by atoms with Crippen LogP contribution in [-0.4, -0.2) is 50.3 Å². The molecule has 3 nitrogen and oxygen atoms in total. The van der Waals surface area contributed by atoms with Crippen molar-refractivity contribution in [2.24, 2.45) is 5.41 Å². The molecule has 0 aliphatic carbocycles. The normalized spacial score (nSPS) is 30.8. The lowest BCUT2D eigenvalue weighted by atomic mass is 9.90. The van der Waals surface area contributed by atoms with E-state index in [0.29, 0.717) is 11.5 Å². The van der Waals surface area contributed by atoms with Crippen molar-refractivity contribution < 1.29 is 4.74 Å². The topological polar surface area (TPSA) is 24.5 Å². The molecule has 15 heavy (non-hydrogen) atoms. The van der Waals surface area contributed by atoms with E-state index < -0.39 is 0 Å². The second-order valence-electron chi connectivity index (χ2n) is 5.91. The standard InChI is InChI=1S/C12H24N2O/c1-12(2)6-10(13-9-12)4-5-14(3)11-7-15-8-11/h10-11,13H,4-9H2,1-3H3. The SMILES string of the molecule is CN(CCC1CC(C)(C)CN1)C1COC1. The smallest absolute Gasteiger partial charge is 0.0645 e. The molecule has 0 radical (unpaired) electrons. The highest BCUT2D eigenvalue weighted by Gasteiger charge is 2.31. The summed E-state index contributed by atoms with van der Waals surface area (Å²) in [5.74, 6) is 0. The summed E-state index contributed by atoms with van der Waals surface area (Å²) in [4.78, 5) is 2.44. The summed E-state index contributed by atoms with van der Waals surface area (Å²) in [7, 11) is 2.22. The quantitative estimate of drug-likeness (QED) is 0.755. The van der Waals surface area contributed by atoms with Crippen LogP contribution in [0.1, 0.15) is 26.7 Å². The monoisotopic (exact) mass is 212 g/mol. The molecule has 0 aromatic carbocycles. The van der Waals surface area contributed by atoms with E-state index in [9.17, 15) is 0 Å². The van der Waals surface area contributed by atoms with Crippen LogP contribution in [0.3, 0.4) is 0 Å². The van der Waals surface area contributed by atoms with E-state index in [1.165, 1.54) is 25.9 Å². The van der Waals surface area contributed by atoms with E-state index >= 15 is 0 Å². The molecule has 0 spiro atoms. The summed E-state index contributed by atoms with van der Waals surface area (Å²) in [5, 5.41) is 3.62. The summed E-state index contributed by atoms with van der Waals surface area (Å²) in [6, 6.07) is 1.41. The third kappa shape index (κ3) is 2.92. The van der Waals surface area contributed by atoms with Crippen LogP contribution in [0.5, 0.6) is 0 Å². The zero-order chi connectivity index (χ0) is 10.9. The fourth-order valence-electron chi connectivity index (χ4n) is 2.46. The molecule has 3 heteroatoms. The van der Waals surface area contributed by atoms with E-state index in [2.05, 4.69) is 31.1 Å². The van der Waals surface area contributed by atoms with Crippen LogP contribution >= 0.6 is 0 Å². The number of hydrogen-bond donors (Lipinski definition) is 1. The van der Waals surface area contributed by atoms with Crippen LogP contribution in [0, 0.1) is 5.41 Å². The van der Waals surface area contributed by atoms with Crippen LogP contribution in [-0.2, 0) is 4.74 Å². The van der Waals surface area contributed by atoms with Crippen molar-refractivity contribution in [3.8, 4) is 0 Å². The van der Waals surface area contributed by atoms with Gasteiger partial charge >= 0.3 is 0 Å². The molecule has 0 aromatic heterocycles. The molecule has 0 amide bonds. The first-order chi connectivity index (χ1) is 7.07. The highest BCUT2D eigenvalue weighted by atomic mass is 16.5. The summed E-state index contributed by atoms with van der Waals surface area (Å²) in [5.41, 5.74) is 0.503. The van der Waals surface area contributed by atoms with Crippen molar-refractivity contribution in [3.63, 3.8) is 0 Å². The molecule has 1 atom stereocenters. The van der Waals surface area contributed by atoms with E-state index in [1.807, 2.05) is 0 Å². The minimum absolute atomic E-state index is 0.503. The van der Waals surface area contributed by atoms with Gasteiger partial charge in [0.25, 0.3) is 0 Å². The molecule has 2 aliphatic heterocycles. The first-order valence-corrected chi connectivity index (χ1v) is 6.08. The van der Waals surface area contributed by atoms with Crippen LogP contribution in [0.4, 0.5) is 0 Å². The molecule has 2 fully saturated rings. The summed E-state index contributed by atoms with van der Waals surface area (Å²) < 4.78 is 5.20. The Morgan fingerprint density at radius 2 is 2.13 bits per heavy atom. The van der Waals surface area contributed by atoms with Gasteiger partial charge in [-0.1, -0.05) is 13.8 Å². The van der Waals surface area contributed by atoms with E-state index in [1.54, 1.807) is 0 Å². The third-order valence-corrected chi connectivity index (χ3v) is 3.74. The van der Waals surface area contributed by atoms with Gasteiger partial charge in [-0.3, -0.25) is 4.90 Å². The third-order valence-electron chi connectivity index (χ3n) is 3.74. The summed E-state index contributed by atoms with van der Waals surface area (Å²) in [6.07, 6.45) is 2.60. The number of likely N-dealkylation sites (N-methyl/N-ethyl adjacent to an activating group) is 1. The van der Waals surface area contributed by atoms with Crippen LogP contribution in [0.2, 0.25) is 0 Å². The Morgan fingerprint density at radius 3 is 2.60 bits per heavy atom. The molecule has 1 N–H and O–H groups in total. The van der Waals surface area contributed by atoms with E-state index in [-0.39, 0.29) is 0 Å². The van der Waals surface area contributed by atoms with Crippen molar-refractivity contribution in [1.29, 1.82) is 0 Å². The van der Waals surface area contributed by atoms with Crippen molar-refractivity contribution in [3.05, 3.63) is 0 Å². The maximum Gasteiger partial charge on any atom is 0.0645 e. The molecule has 1 unspecified atom stereocenters. The van der Waals surface area contributed by atoms with Crippen molar-refractivity contribution in [1.82, 2.24) is 10.2 Å². The maximum absolute atomic E-state index is 5.20. The van der Waals surface area contributed by atoms with Gasteiger partial charge in [-0.15, -0.1) is 0 Å². The van der Waals surface area contributed by atoms with Crippen LogP contribution in [0.15, 0.2) is 0 Å². The minimum atomic E-state index is 0.503. The molecule has 2 heterocycles. The number of rotatable bonds is 4. The van der Waals surface area contributed by atoms with Crippen LogP contribution < -0.4 is 5.32 Å². The minimum Gasteiger partial charge on any atom is -0.378 e. The number of nitrogens with zero attached hydrogens (tertiary/aromatic N) is 1. The van der Waals surface area contributed by atoms with Gasteiger partial charge in [0.05, 0.1) is 19.3 Å². The second-order valence-corrected chi connectivity index (χ2v) is 5.91. The molecule has 0 saturated carbocycles. The lowest BCUT2D eigenvalue weighted by molar-refractivity contribution is -0.0566. The maximum atomic E-state index is 5.20. The van der Waals surface area contributed by atoms with Gasteiger partial charge in [0.1, 0.15) is 0 Å². The summed E-state index contributed by atoms with van der Waals surface area (Å²) >= 11 is 0. The van der Waals surface area contributed by atoms with Crippen molar-refractivity contribution >= 4 is 0 Å². The first kappa shape index (κ1) is 11.4. The Hall–Kier alpha value is -0.120. The molecule has 88 valence electrons. The average Bonchev–Trinajstić information content (AvgIpc) is 2.39. The van der Waals surface area contributed by atoms with E-state index in [4.69, 9.17) is 4.74 Å². The predicted octanol–water partition coefficient (Wildman–Crippen LogP) is 1.10. The van der Waals surface area contributed by atoms with E-state index in [0.717, 1.165) is 19.3 Å². The highest BCUT2D eigenvalue weighted by Crippen LogP contribution is 2.28. The van der Waals surface area contributed by atoms with Crippen molar-refractivity contribution in [2.45, 2.75) is 38.8 Å². The molecule has 0 aromatic rings. The van der Waals surface area contributed by atoms with Gasteiger partial charge in [0.15, 0.2) is 0 Å². The molecular weight excluding hydrogens is 188 g/mol. The Bertz CT molecular complexity index is 214. The van der Waals surface area contributed by atoms with Gasteiger partial charge in [-0.05, 0) is 31.8 Å². The Balaban J connectivity index is 1.65. The predicted molar refractivity (Wildman–Crippen MR) is 62.0 cm³/mol. The zero-order valence-corrected chi connectivity index (χ0v) is 10.3. The molecule has 2 aliphatic rings. The van der Waals surface area contributed by atoms with Gasteiger partial charge in [0.2, 0.25) is 0 Å². The Labute approximate surface area is 93.2 Å². The zero-order valence-electron chi connectivity index (χ0n) is 10.3. The number of hydrogen-bond acceptors (Lipinski definition) is 3. The number of nitrogens with one attached hydrogen (secondary N) is 1. The fraction of sp³-hybridized carbons (Fsp3) is 1.00. The average molecular weight is 212 g/mol. The molecular formula is C12H24N2O. The summed E-state index contributed by atoms with van der Waals surface area (Å²) in [6.45, 7) is 8.93. The largest absolute Gasteiger partial charge is 0.378 e. The molecule has 2 rings (SSSR count). The molecule has 2 saturated heterocycles. The Kier molecular flexibility index (Phi) is 3.33. The van der Waals surface area contributed by atoms with Gasteiger partial charge in [0, 0.05) is 12.6 Å². The Morgan fingerprint density at radius 1 is 1.40 bits per heavy atom. The number of ether oxygens (including phenoxy) is 1. The van der Waals surface area contributed by atoms with Crippen molar-refractivity contribution in [2.75, 3.05) is 33.4 Å². The highest BCUT2D eigenvalue weighted by molar-refractivity contribution is 4.88. The van der Waals surface area contributed by atoms with Gasteiger partial charge in [-0.2, -0.15) is 0 Å². The fourth-order valence-corrected chi connectivity index (χ4v) is 2.46. The lowest BCUT2D eigenvalue weighted by Gasteiger charge is -2.35. The second kappa shape index (κ2) is 4.40. The first-order valence-electron chi connectivity index (χ1n) is 6.08. The molecule has 0 bridgehead atoms.